The highest BCUT2D eigenvalue weighted by atomic mass is 31.0. The Morgan fingerprint density at radius 1 is 0.800 bits per heavy atom. The highest BCUT2D eigenvalue weighted by molar-refractivity contribution is 7.16. The topological polar surface area (TPSA) is 0 Å². The summed E-state index contributed by atoms with van der Waals surface area (Å²) in [5.41, 5.74) is 8.64. The summed E-state index contributed by atoms with van der Waals surface area (Å²) >= 11 is 0. The van der Waals surface area contributed by atoms with Gasteiger partial charge in [0.15, 0.2) is 0 Å². The average Bonchev–Trinajstić information content (AvgIpc) is 2.43. The lowest BCUT2D eigenvalue weighted by Gasteiger charge is -2.23. The van der Waals surface area contributed by atoms with Gasteiger partial charge >= 0.3 is 0 Å². The van der Waals surface area contributed by atoms with Crippen LogP contribution in [0.5, 0.6) is 0 Å². The third-order valence-corrected chi connectivity index (χ3v) is 4.83. The maximum atomic E-state index is 2.88. The Hall–Kier alpha value is -1.13. The van der Waals surface area contributed by atoms with E-state index in [-0.39, 0.29) is 0 Å². The van der Waals surface area contributed by atoms with Crippen molar-refractivity contribution in [3.05, 3.63) is 69.8 Å². The first-order valence-corrected chi connectivity index (χ1v) is 8.20. The molecule has 0 radical (unpaired) electrons. The maximum Gasteiger partial charge on any atom is 0.00979 e. The average molecular weight is 284 g/mol. The predicted molar refractivity (Wildman–Crippen MR) is 92.9 cm³/mol. The number of hydrogen-bond donors (Lipinski definition) is 0. The largest absolute Gasteiger partial charge is 0.138 e. The molecule has 1 unspecified atom stereocenters. The molecule has 0 bridgehead atoms. The Morgan fingerprint density at radius 3 is 1.65 bits per heavy atom. The molecule has 2 rings (SSSR count). The Kier molecular flexibility index (Phi) is 5.00. The lowest BCUT2D eigenvalue weighted by Crippen LogP contribution is -2.07. The van der Waals surface area contributed by atoms with E-state index in [4.69, 9.17) is 0 Å². The van der Waals surface area contributed by atoms with Crippen molar-refractivity contribution in [2.24, 2.45) is 0 Å². The predicted octanol–water partition coefficient (Wildman–Crippen LogP) is 5.32. The van der Waals surface area contributed by atoms with E-state index in [2.05, 4.69) is 73.3 Å². The van der Waals surface area contributed by atoms with Gasteiger partial charge in [-0.15, -0.1) is 9.24 Å². The third-order valence-electron chi connectivity index (χ3n) is 4.50. The maximum absolute atomic E-state index is 2.88. The molecule has 2 aromatic rings. The monoisotopic (exact) mass is 284 g/mol. The van der Waals surface area contributed by atoms with Crippen LogP contribution in [-0.4, -0.2) is 6.16 Å². The SMILES string of the molecule is Cc1cccc(C(CCP)c2cccc(C)c2C)c1C. The zero-order chi connectivity index (χ0) is 14.7. The van der Waals surface area contributed by atoms with Gasteiger partial charge < -0.3 is 0 Å². The van der Waals surface area contributed by atoms with Gasteiger partial charge in [-0.1, -0.05) is 36.4 Å². The van der Waals surface area contributed by atoms with Crippen LogP contribution in [0.1, 0.15) is 45.7 Å². The number of benzene rings is 2. The van der Waals surface area contributed by atoms with Crippen LogP contribution in [0.25, 0.3) is 0 Å². The smallest absolute Gasteiger partial charge is 0.00979 e. The van der Waals surface area contributed by atoms with Gasteiger partial charge in [-0.25, -0.2) is 0 Å². The molecule has 0 aromatic heterocycles. The number of aryl methyl sites for hydroxylation is 2. The fourth-order valence-corrected chi connectivity index (χ4v) is 3.28. The minimum atomic E-state index is 0.507. The molecule has 0 saturated heterocycles. The van der Waals surface area contributed by atoms with Gasteiger partial charge in [-0.2, -0.15) is 0 Å². The minimum absolute atomic E-state index is 0.507. The van der Waals surface area contributed by atoms with Crippen molar-refractivity contribution >= 4 is 9.24 Å². The van der Waals surface area contributed by atoms with E-state index in [1.54, 1.807) is 0 Å². The molecule has 106 valence electrons. The molecular weight excluding hydrogens is 259 g/mol. The second-order valence-electron chi connectivity index (χ2n) is 5.71. The molecule has 0 nitrogen and oxygen atoms in total. The van der Waals surface area contributed by atoms with Crippen LogP contribution < -0.4 is 0 Å². The lowest BCUT2D eigenvalue weighted by molar-refractivity contribution is 0.770. The third kappa shape index (κ3) is 2.96. The molecule has 1 heteroatoms. The first-order valence-electron chi connectivity index (χ1n) is 7.38. The molecule has 0 fully saturated rings. The summed E-state index contributed by atoms with van der Waals surface area (Å²) in [5, 5.41) is 0. The highest BCUT2D eigenvalue weighted by Crippen LogP contribution is 2.34. The number of rotatable bonds is 4. The van der Waals surface area contributed by atoms with Crippen molar-refractivity contribution in [2.45, 2.75) is 40.0 Å². The van der Waals surface area contributed by atoms with E-state index < -0.39 is 0 Å². The standard InChI is InChI=1S/C19H25P/c1-13-7-5-9-17(15(13)3)19(11-12-20)18-10-6-8-14(2)16(18)4/h5-10,19H,11-12,20H2,1-4H3. The highest BCUT2D eigenvalue weighted by Gasteiger charge is 2.18. The first kappa shape index (κ1) is 15.3. The summed E-state index contributed by atoms with van der Waals surface area (Å²) in [6.45, 7) is 8.93. The van der Waals surface area contributed by atoms with Crippen LogP contribution in [0.15, 0.2) is 36.4 Å². The quantitative estimate of drug-likeness (QED) is 0.667. The van der Waals surface area contributed by atoms with Crippen LogP contribution in [-0.2, 0) is 0 Å². The first-order chi connectivity index (χ1) is 9.56. The van der Waals surface area contributed by atoms with Crippen molar-refractivity contribution in [2.75, 3.05) is 6.16 Å². The summed E-state index contributed by atoms with van der Waals surface area (Å²) < 4.78 is 0. The van der Waals surface area contributed by atoms with Crippen LogP contribution in [0.3, 0.4) is 0 Å². The Morgan fingerprint density at radius 2 is 1.25 bits per heavy atom. The second kappa shape index (κ2) is 6.55. The van der Waals surface area contributed by atoms with E-state index in [0.29, 0.717) is 5.92 Å². The van der Waals surface area contributed by atoms with Crippen molar-refractivity contribution < 1.29 is 0 Å². The molecular formula is C19H25P. The van der Waals surface area contributed by atoms with Gasteiger partial charge in [-0.05, 0) is 73.7 Å². The zero-order valence-corrected chi connectivity index (χ0v) is 14.2. The van der Waals surface area contributed by atoms with E-state index in [0.717, 1.165) is 6.16 Å². The van der Waals surface area contributed by atoms with Crippen molar-refractivity contribution in [1.29, 1.82) is 0 Å². The fourth-order valence-electron chi connectivity index (χ4n) is 2.95. The Labute approximate surface area is 125 Å². The van der Waals surface area contributed by atoms with Crippen LogP contribution >= 0.6 is 9.24 Å². The van der Waals surface area contributed by atoms with Crippen molar-refractivity contribution in [3.8, 4) is 0 Å². The van der Waals surface area contributed by atoms with Crippen LogP contribution in [0.4, 0.5) is 0 Å². The molecule has 0 amide bonds. The summed E-state index contributed by atoms with van der Waals surface area (Å²) in [5.74, 6) is 0.507. The van der Waals surface area contributed by atoms with E-state index in [1.165, 1.54) is 39.8 Å². The second-order valence-corrected chi connectivity index (χ2v) is 6.29. The summed E-state index contributed by atoms with van der Waals surface area (Å²) in [6.07, 6.45) is 2.31. The lowest BCUT2D eigenvalue weighted by atomic mass is 9.82. The summed E-state index contributed by atoms with van der Waals surface area (Å²) in [6, 6.07) is 13.4. The summed E-state index contributed by atoms with van der Waals surface area (Å²) in [4.78, 5) is 0. The minimum Gasteiger partial charge on any atom is -0.138 e. The summed E-state index contributed by atoms with van der Waals surface area (Å²) in [7, 11) is 2.88. The molecule has 0 aliphatic rings. The normalized spacial score (nSPS) is 11.1. The molecule has 20 heavy (non-hydrogen) atoms. The fraction of sp³-hybridized carbons (Fsp3) is 0.368. The van der Waals surface area contributed by atoms with E-state index in [1.807, 2.05) is 0 Å². The molecule has 0 spiro atoms. The number of hydrogen-bond acceptors (Lipinski definition) is 0. The molecule has 0 aliphatic heterocycles. The van der Waals surface area contributed by atoms with Gasteiger partial charge in [0.25, 0.3) is 0 Å². The van der Waals surface area contributed by atoms with Crippen molar-refractivity contribution in [3.63, 3.8) is 0 Å². The molecule has 0 aliphatic carbocycles. The van der Waals surface area contributed by atoms with Gasteiger partial charge in [-0.3, -0.25) is 0 Å². The van der Waals surface area contributed by atoms with E-state index in [9.17, 15) is 0 Å². The van der Waals surface area contributed by atoms with Crippen LogP contribution in [0.2, 0.25) is 0 Å². The Bertz CT molecular complexity index is 547. The van der Waals surface area contributed by atoms with Gasteiger partial charge in [0, 0.05) is 5.92 Å². The van der Waals surface area contributed by atoms with Gasteiger partial charge in [0.05, 0.1) is 0 Å². The van der Waals surface area contributed by atoms with Gasteiger partial charge in [0.1, 0.15) is 0 Å². The zero-order valence-electron chi connectivity index (χ0n) is 13.0. The molecule has 0 saturated carbocycles. The molecule has 0 N–H and O–H groups in total. The van der Waals surface area contributed by atoms with Crippen molar-refractivity contribution in [1.82, 2.24) is 0 Å². The molecule has 2 aromatic carbocycles. The van der Waals surface area contributed by atoms with Crippen LogP contribution in [0, 0.1) is 27.7 Å². The van der Waals surface area contributed by atoms with Gasteiger partial charge in [0.2, 0.25) is 0 Å². The molecule has 1 atom stereocenters. The van der Waals surface area contributed by atoms with E-state index >= 15 is 0 Å². The Balaban J connectivity index is 2.56. The molecule has 0 heterocycles.